The van der Waals surface area contributed by atoms with E-state index in [0.717, 1.165) is 30.6 Å². The van der Waals surface area contributed by atoms with Crippen molar-refractivity contribution in [1.82, 2.24) is 10.6 Å². The van der Waals surface area contributed by atoms with Gasteiger partial charge >= 0.3 is 6.09 Å². The molecule has 3 unspecified atom stereocenters. The zero-order valence-corrected chi connectivity index (χ0v) is 26.6. The molecule has 0 aromatic carbocycles. The maximum absolute atomic E-state index is 13.4. The van der Waals surface area contributed by atoms with Crippen LogP contribution in [0, 0.1) is 17.8 Å². The number of thiophene rings is 1. The SMILES string of the molecule is CCCC[C@H](NC(=O)[C@H](CC(C)C)NC(=O)OCC1CCCCC1)C(O)C1C(=O)C1c1ccc([Si](C)(C)C)s1. The van der Waals surface area contributed by atoms with E-state index < -0.39 is 38.3 Å². The third-order valence-electron chi connectivity index (χ3n) is 8.02. The van der Waals surface area contributed by atoms with Crippen LogP contribution in [0.4, 0.5) is 4.79 Å². The summed E-state index contributed by atoms with van der Waals surface area (Å²) in [5.41, 5.74) is 0. The van der Waals surface area contributed by atoms with Crippen LogP contribution < -0.4 is 15.1 Å². The van der Waals surface area contributed by atoms with E-state index in [1.54, 1.807) is 11.3 Å². The molecular weight excluding hydrogens is 528 g/mol. The first-order chi connectivity index (χ1) is 18.4. The first-order valence-corrected chi connectivity index (χ1v) is 19.3. The monoisotopic (exact) mass is 578 g/mol. The minimum atomic E-state index is -1.48. The van der Waals surface area contributed by atoms with Gasteiger partial charge in [0.15, 0.2) is 0 Å². The largest absolute Gasteiger partial charge is 0.449 e. The second-order valence-corrected chi connectivity index (χ2v) is 19.6. The van der Waals surface area contributed by atoms with Gasteiger partial charge in [-0.3, -0.25) is 9.59 Å². The number of hydrogen-bond acceptors (Lipinski definition) is 6. The number of ether oxygens (including phenoxy) is 1. The predicted octanol–water partition coefficient (Wildman–Crippen LogP) is 5.33. The van der Waals surface area contributed by atoms with Crippen LogP contribution in [0.1, 0.15) is 89.4 Å². The van der Waals surface area contributed by atoms with Crippen molar-refractivity contribution in [1.29, 1.82) is 0 Å². The summed E-state index contributed by atoms with van der Waals surface area (Å²) >= 11 is 1.69. The summed E-state index contributed by atoms with van der Waals surface area (Å²) in [6, 6.07) is 2.85. The molecule has 220 valence electrons. The highest BCUT2D eigenvalue weighted by Crippen LogP contribution is 2.48. The van der Waals surface area contributed by atoms with Crippen molar-refractivity contribution < 1.29 is 24.2 Å². The Bertz CT molecular complexity index is 969. The quantitative estimate of drug-likeness (QED) is 0.259. The summed E-state index contributed by atoms with van der Waals surface area (Å²) < 4.78 is 6.84. The molecule has 1 heterocycles. The number of aliphatic hydroxyl groups excluding tert-OH is 1. The van der Waals surface area contributed by atoms with Crippen molar-refractivity contribution >= 4 is 41.7 Å². The van der Waals surface area contributed by atoms with Gasteiger partial charge in [0, 0.05) is 4.88 Å². The fraction of sp³-hybridized carbons (Fsp3) is 0.767. The molecule has 0 aliphatic heterocycles. The van der Waals surface area contributed by atoms with Crippen LogP contribution in [0.3, 0.4) is 0 Å². The number of ketones is 1. The van der Waals surface area contributed by atoms with Gasteiger partial charge in [-0.25, -0.2) is 4.79 Å². The molecule has 1 aromatic heterocycles. The molecule has 3 rings (SSSR count). The van der Waals surface area contributed by atoms with Crippen molar-refractivity contribution in [2.24, 2.45) is 17.8 Å². The molecule has 0 saturated heterocycles. The lowest BCUT2D eigenvalue weighted by Crippen LogP contribution is -2.53. The number of alkyl carbamates (subject to hydrolysis) is 1. The molecule has 1 aromatic rings. The van der Waals surface area contributed by atoms with E-state index in [1.165, 1.54) is 23.8 Å². The van der Waals surface area contributed by atoms with Gasteiger partial charge in [-0.05, 0) is 48.1 Å². The standard InChI is InChI=1S/C30H50N2O5SSi/c1-7-8-14-21(27(33)26-25(28(26)34)23-15-16-24(38-23)39(4,5)6)31-29(35)22(17-19(2)3)32-30(36)37-18-20-12-10-9-11-13-20/h15-16,19-22,25-27,33H,7-14,17-18H2,1-6H3,(H,31,35)(H,32,36)/t21-,22-,25?,26?,27?/m0/s1. The minimum absolute atomic E-state index is 0.0466. The Hall–Kier alpha value is -1.71. The van der Waals surface area contributed by atoms with Crippen LogP contribution in [0.25, 0.3) is 0 Å². The number of amides is 2. The number of Topliss-reactive ketones (excluding diaryl/α,β-unsaturated/α-hetero) is 1. The number of aliphatic hydroxyl groups is 1. The topological polar surface area (TPSA) is 105 Å². The zero-order chi connectivity index (χ0) is 28.7. The Morgan fingerprint density at radius 2 is 1.82 bits per heavy atom. The summed E-state index contributed by atoms with van der Waals surface area (Å²) in [4.78, 5) is 39.9. The minimum Gasteiger partial charge on any atom is -0.449 e. The van der Waals surface area contributed by atoms with Crippen LogP contribution in [0.15, 0.2) is 12.1 Å². The summed E-state index contributed by atoms with van der Waals surface area (Å²) in [6.07, 6.45) is 6.96. The smallest absolute Gasteiger partial charge is 0.407 e. The number of rotatable bonds is 14. The molecule has 3 N–H and O–H groups in total. The summed E-state index contributed by atoms with van der Waals surface area (Å²) in [7, 11) is -1.48. The molecule has 9 heteroatoms. The molecule has 2 aliphatic rings. The molecule has 0 radical (unpaired) electrons. The number of carbonyl (C=O) groups excluding carboxylic acids is 3. The number of hydrogen-bond donors (Lipinski definition) is 3. The molecule has 2 saturated carbocycles. The Morgan fingerprint density at radius 3 is 2.41 bits per heavy atom. The Kier molecular flexibility index (Phi) is 11.6. The third-order valence-corrected chi connectivity index (χ3v) is 12.8. The number of carbonyl (C=O) groups is 3. The van der Waals surface area contributed by atoms with Crippen molar-refractivity contribution in [3.05, 3.63) is 17.0 Å². The maximum atomic E-state index is 13.4. The predicted molar refractivity (Wildman–Crippen MR) is 160 cm³/mol. The van der Waals surface area contributed by atoms with Crippen LogP contribution >= 0.6 is 11.3 Å². The maximum Gasteiger partial charge on any atom is 0.407 e. The number of nitrogens with one attached hydrogen (secondary N) is 2. The summed E-state index contributed by atoms with van der Waals surface area (Å²) in [5, 5.41) is 17.1. The normalized spacial score (nSPS) is 22.3. The summed E-state index contributed by atoms with van der Waals surface area (Å²) in [5.74, 6) is -0.518. The van der Waals surface area contributed by atoms with Gasteiger partial charge < -0.3 is 20.5 Å². The highest BCUT2D eigenvalue weighted by Gasteiger charge is 2.56. The van der Waals surface area contributed by atoms with Gasteiger partial charge in [-0.15, -0.1) is 11.3 Å². The molecule has 2 fully saturated rings. The lowest BCUT2D eigenvalue weighted by molar-refractivity contribution is -0.125. The van der Waals surface area contributed by atoms with Gasteiger partial charge in [0.2, 0.25) is 5.91 Å². The van der Waals surface area contributed by atoms with E-state index in [2.05, 4.69) is 43.3 Å². The number of unbranched alkanes of at least 4 members (excludes halogenated alkanes) is 1. The van der Waals surface area contributed by atoms with Gasteiger partial charge in [0.05, 0.1) is 38.7 Å². The zero-order valence-electron chi connectivity index (χ0n) is 24.8. The van der Waals surface area contributed by atoms with E-state index in [0.29, 0.717) is 25.4 Å². The van der Waals surface area contributed by atoms with Crippen LogP contribution in [0.2, 0.25) is 19.6 Å². The average molecular weight is 579 g/mol. The van der Waals surface area contributed by atoms with Gasteiger partial charge in [-0.2, -0.15) is 0 Å². The first kappa shape index (κ1) is 31.8. The summed E-state index contributed by atoms with van der Waals surface area (Å²) in [6.45, 7) is 13.3. The fourth-order valence-electron chi connectivity index (χ4n) is 5.58. The van der Waals surface area contributed by atoms with Gasteiger partial charge in [0.1, 0.15) is 11.8 Å². The average Bonchev–Trinajstić information content (AvgIpc) is 3.29. The third kappa shape index (κ3) is 9.15. The highest BCUT2D eigenvalue weighted by molar-refractivity contribution is 7.26. The van der Waals surface area contributed by atoms with Crippen LogP contribution in [-0.4, -0.2) is 55.8 Å². The molecular formula is C30H50N2O5SSi. The van der Waals surface area contributed by atoms with E-state index >= 15 is 0 Å². The lowest BCUT2D eigenvalue weighted by atomic mass is 9.90. The van der Waals surface area contributed by atoms with E-state index in [9.17, 15) is 19.5 Å². The van der Waals surface area contributed by atoms with Crippen molar-refractivity contribution in [3.8, 4) is 0 Å². The highest BCUT2D eigenvalue weighted by atomic mass is 32.1. The molecule has 5 atom stereocenters. The molecule has 39 heavy (non-hydrogen) atoms. The van der Waals surface area contributed by atoms with E-state index in [-0.39, 0.29) is 23.5 Å². The van der Waals surface area contributed by atoms with Gasteiger partial charge in [0.25, 0.3) is 0 Å². The fourth-order valence-corrected chi connectivity index (χ4v) is 8.66. The Labute approximate surface area is 239 Å². The molecule has 0 spiro atoms. The van der Waals surface area contributed by atoms with Crippen LogP contribution in [0.5, 0.6) is 0 Å². The molecule has 0 bridgehead atoms. The van der Waals surface area contributed by atoms with E-state index in [1.807, 2.05) is 19.9 Å². The second-order valence-electron chi connectivity index (χ2n) is 13.0. The van der Waals surface area contributed by atoms with Crippen molar-refractivity contribution in [2.45, 2.75) is 122 Å². The van der Waals surface area contributed by atoms with Crippen LogP contribution in [-0.2, 0) is 14.3 Å². The second kappa shape index (κ2) is 14.3. The van der Waals surface area contributed by atoms with Gasteiger partial charge in [-0.1, -0.05) is 78.6 Å². The Morgan fingerprint density at radius 1 is 1.13 bits per heavy atom. The molecule has 7 nitrogen and oxygen atoms in total. The van der Waals surface area contributed by atoms with Crippen molar-refractivity contribution in [2.75, 3.05) is 6.61 Å². The van der Waals surface area contributed by atoms with E-state index in [4.69, 9.17) is 4.74 Å². The molecule has 2 amide bonds. The Balaban J connectivity index is 1.64. The first-order valence-electron chi connectivity index (χ1n) is 15.0. The van der Waals surface area contributed by atoms with Crippen molar-refractivity contribution in [3.63, 3.8) is 0 Å². The molecule has 2 aliphatic carbocycles. The lowest BCUT2D eigenvalue weighted by Gasteiger charge is -2.28.